The molecule has 1 saturated heterocycles. The van der Waals surface area contributed by atoms with Crippen molar-refractivity contribution in [2.24, 2.45) is 0 Å². The van der Waals surface area contributed by atoms with E-state index in [1.807, 2.05) is 0 Å². The van der Waals surface area contributed by atoms with Crippen LogP contribution in [0.5, 0.6) is 0 Å². The van der Waals surface area contributed by atoms with Crippen molar-refractivity contribution in [1.82, 2.24) is 20.8 Å². The van der Waals surface area contributed by atoms with Crippen molar-refractivity contribution in [3.63, 3.8) is 0 Å². The number of ether oxygens (including phenoxy) is 1. The summed E-state index contributed by atoms with van der Waals surface area (Å²) < 4.78 is 10.7. The first-order valence-corrected chi connectivity index (χ1v) is 7.73. The smallest absolute Gasteiger partial charge is 0.257 e. The van der Waals surface area contributed by atoms with E-state index in [9.17, 15) is 4.79 Å². The summed E-state index contributed by atoms with van der Waals surface area (Å²) in [5, 5.41) is 10.5. The third-order valence-corrected chi connectivity index (χ3v) is 3.75. The Labute approximate surface area is 138 Å². The van der Waals surface area contributed by atoms with E-state index in [0.29, 0.717) is 29.9 Å². The zero-order valence-corrected chi connectivity index (χ0v) is 13.3. The maximum absolute atomic E-state index is 12.1. The molecule has 0 aliphatic carbocycles. The lowest BCUT2D eigenvalue weighted by Crippen LogP contribution is -2.48. The van der Waals surface area contributed by atoms with Gasteiger partial charge in [0.15, 0.2) is 5.82 Å². The van der Waals surface area contributed by atoms with Crippen LogP contribution in [0.3, 0.4) is 0 Å². The predicted octanol–water partition coefficient (Wildman–Crippen LogP) is 1.56. The van der Waals surface area contributed by atoms with Crippen LogP contribution in [0.4, 0.5) is 0 Å². The molecule has 1 fully saturated rings. The second-order valence-electron chi connectivity index (χ2n) is 5.26. The van der Waals surface area contributed by atoms with Gasteiger partial charge < -0.3 is 19.9 Å². The SMILES string of the molecule is CC(NC(=O)C1CNCCO1)c1noc(-c2ccc(Cl)cc2)n1. The molecule has 1 amide bonds. The first kappa shape index (κ1) is 15.9. The van der Waals surface area contributed by atoms with E-state index in [-0.39, 0.29) is 11.9 Å². The molecule has 122 valence electrons. The number of morpholine rings is 1. The standard InChI is InChI=1S/C15H17ClN4O3/c1-9(18-14(21)12-8-17-6-7-22-12)13-19-15(23-20-13)10-2-4-11(16)5-3-10/h2-5,9,12,17H,6-8H2,1H3,(H,18,21). The molecule has 2 unspecified atom stereocenters. The van der Waals surface area contributed by atoms with Crippen LogP contribution in [0.15, 0.2) is 28.8 Å². The first-order chi connectivity index (χ1) is 11.1. The zero-order chi connectivity index (χ0) is 16.2. The summed E-state index contributed by atoms with van der Waals surface area (Å²) >= 11 is 5.85. The van der Waals surface area contributed by atoms with E-state index in [1.165, 1.54) is 0 Å². The minimum Gasteiger partial charge on any atom is -0.366 e. The Morgan fingerprint density at radius 1 is 1.43 bits per heavy atom. The van der Waals surface area contributed by atoms with Gasteiger partial charge in [0.2, 0.25) is 0 Å². The molecule has 7 nitrogen and oxygen atoms in total. The van der Waals surface area contributed by atoms with Gasteiger partial charge in [-0.15, -0.1) is 0 Å². The maximum Gasteiger partial charge on any atom is 0.257 e. The Morgan fingerprint density at radius 2 is 2.22 bits per heavy atom. The van der Waals surface area contributed by atoms with Crippen molar-refractivity contribution in [3.05, 3.63) is 35.1 Å². The number of halogens is 1. The van der Waals surface area contributed by atoms with Gasteiger partial charge in [-0.2, -0.15) is 4.98 Å². The van der Waals surface area contributed by atoms with Gasteiger partial charge in [-0.3, -0.25) is 4.79 Å². The third kappa shape index (κ3) is 3.87. The average molecular weight is 337 g/mol. The van der Waals surface area contributed by atoms with Crippen LogP contribution in [0, 0.1) is 0 Å². The summed E-state index contributed by atoms with van der Waals surface area (Å²) in [5.74, 6) is 0.600. The molecule has 23 heavy (non-hydrogen) atoms. The number of hydrogen-bond donors (Lipinski definition) is 2. The highest BCUT2D eigenvalue weighted by molar-refractivity contribution is 6.30. The van der Waals surface area contributed by atoms with Crippen molar-refractivity contribution < 1.29 is 14.1 Å². The summed E-state index contributed by atoms with van der Waals surface area (Å²) in [7, 11) is 0. The fourth-order valence-electron chi connectivity index (χ4n) is 2.23. The monoisotopic (exact) mass is 336 g/mol. The number of hydrogen-bond acceptors (Lipinski definition) is 6. The largest absolute Gasteiger partial charge is 0.366 e. The summed E-state index contributed by atoms with van der Waals surface area (Å²) in [6.45, 7) is 3.58. The lowest BCUT2D eigenvalue weighted by molar-refractivity contribution is -0.134. The summed E-state index contributed by atoms with van der Waals surface area (Å²) in [6, 6.07) is 6.71. The Hall–Kier alpha value is -1.96. The van der Waals surface area contributed by atoms with Crippen LogP contribution < -0.4 is 10.6 Å². The summed E-state index contributed by atoms with van der Waals surface area (Å²) in [4.78, 5) is 16.4. The number of benzene rings is 1. The van der Waals surface area contributed by atoms with E-state index in [0.717, 1.165) is 12.1 Å². The molecular weight excluding hydrogens is 320 g/mol. The topological polar surface area (TPSA) is 89.3 Å². The van der Waals surface area contributed by atoms with Gasteiger partial charge in [0.05, 0.1) is 12.6 Å². The molecule has 8 heteroatoms. The fraction of sp³-hybridized carbons (Fsp3) is 0.400. The summed E-state index contributed by atoms with van der Waals surface area (Å²) in [6.07, 6.45) is -0.492. The van der Waals surface area contributed by atoms with Gasteiger partial charge in [0.25, 0.3) is 11.8 Å². The molecule has 3 rings (SSSR count). The third-order valence-electron chi connectivity index (χ3n) is 3.50. The van der Waals surface area contributed by atoms with E-state index < -0.39 is 6.10 Å². The minimum atomic E-state index is -0.492. The highest BCUT2D eigenvalue weighted by Crippen LogP contribution is 2.21. The molecule has 2 atom stereocenters. The average Bonchev–Trinajstić information content (AvgIpc) is 3.06. The Bertz CT molecular complexity index is 668. The molecule has 2 N–H and O–H groups in total. The van der Waals surface area contributed by atoms with Gasteiger partial charge in [-0.25, -0.2) is 0 Å². The zero-order valence-electron chi connectivity index (χ0n) is 12.6. The van der Waals surface area contributed by atoms with E-state index >= 15 is 0 Å². The van der Waals surface area contributed by atoms with Crippen molar-refractivity contribution in [2.45, 2.75) is 19.1 Å². The Balaban J connectivity index is 1.64. The Kier molecular flexibility index (Phi) is 4.90. The van der Waals surface area contributed by atoms with E-state index in [1.54, 1.807) is 31.2 Å². The lowest BCUT2D eigenvalue weighted by Gasteiger charge is -2.23. The number of amides is 1. The second-order valence-corrected chi connectivity index (χ2v) is 5.69. The molecule has 2 aromatic rings. The molecule has 0 saturated carbocycles. The molecule has 2 heterocycles. The highest BCUT2D eigenvalue weighted by Gasteiger charge is 2.25. The van der Waals surface area contributed by atoms with Gasteiger partial charge in [0.1, 0.15) is 6.10 Å². The number of rotatable bonds is 4. The number of nitrogens with one attached hydrogen (secondary N) is 2. The van der Waals surface area contributed by atoms with E-state index in [4.69, 9.17) is 20.9 Å². The summed E-state index contributed by atoms with van der Waals surface area (Å²) in [5.41, 5.74) is 0.770. The highest BCUT2D eigenvalue weighted by atomic mass is 35.5. The van der Waals surface area contributed by atoms with Crippen LogP contribution in [0.25, 0.3) is 11.5 Å². The van der Waals surface area contributed by atoms with E-state index in [2.05, 4.69) is 20.8 Å². The number of nitrogens with zero attached hydrogens (tertiary/aromatic N) is 2. The first-order valence-electron chi connectivity index (χ1n) is 7.36. The molecule has 0 bridgehead atoms. The van der Waals surface area contributed by atoms with Crippen molar-refractivity contribution in [1.29, 1.82) is 0 Å². The predicted molar refractivity (Wildman–Crippen MR) is 83.9 cm³/mol. The molecule has 1 aromatic heterocycles. The van der Waals surface area contributed by atoms with Crippen LogP contribution >= 0.6 is 11.6 Å². The van der Waals surface area contributed by atoms with Gasteiger partial charge >= 0.3 is 0 Å². The van der Waals surface area contributed by atoms with Crippen LogP contribution in [-0.4, -0.2) is 41.8 Å². The van der Waals surface area contributed by atoms with Crippen molar-refractivity contribution >= 4 is 17.5 Å². The number of carbonyl (C=O) groups is 1. The van der Waals surface area contributed by atoms with Crippen LogP contribution in [0.1, 0.15) is 18.8 Å². The Morgan fingerprint density at radius 3 is 2.91 bits per heavy atom. The number of aromatic nitrogens is 2. The molecule has 1 aliphatic rings. The molecule has 0 radical (unpaired) electrons. The quantitative estimate of drug-likeness (QED) is 0.880. The fourth-order valence-corrected chi connectivity index (χ4v) is 2.35. The van der Waals surface area contributed by atoms with Gasteiger partial charge in [0, 0.05) is 23.7 Å². The molecular formula is C15H17ClN4O3. The minimum absolute atomic E-state index is 0.192. The lowest BCUT2D eigenvalue weighted by atomic mass is 10.2. The van der Waals surface area contributed by atoms with Crippen molar-refractivity contribution in [2.75, 3.05) is 19.7 Å². The van der Waals surface area contributed by atoms with Gasteiger partial charge in [-0.05, 0) is 31.2 Å². The number of carbonyl (C=O) groups excluding carboxylic acids is 1. The molecule has 1 aromatic carbocycles. The second kappa shape index (κ2) is 7.08. The van der Waals surface area contributed by atoms with Gasteiger partial charge in [-0.1, -0.05) is 16.8 Å². The van der Waals surface area contributed by atoms with Crippen molar-refractivity contribution in [3.8, 4) is 11.5 Å². The molecule has 1 aliphatic heterocycles. The maximum atomic E-state index is 12.1. The van der Waals surface area contributed by atoms with Crippen LogP contribution in [-0.2, 0) is 9.53 Å². The van der Waals surface area contributed by atoms with Crippen LogP contribution in [0.2, 0.25) is 5.02 Å². The normalized spacial score (nSPS) is 19.3. The molecule has 0 spiro atoms.